The number of aromatic hydroxyl groups is 1. The Hall–Kier alpha value is -1.81. The van der Waals surface area contributed by atoms with Gasteiger partial charge in [-0.25, -0.2) is 8.42 Å². The lowest BCUT2D eigenvalue weighted by Crippen LogP contribution is -2.08. The van der Waals surface area contributed by atoms with Crippen LogP contribution in [0.2, 0.25) is 0 Å². The van der Waals surface area contributed by atoms with Gasteiger partial charge in [-0.2, -0.15) is 0 Å². The van der Waals surface area contributed by atoms with Gasteiger partial charge in [0.05, 0.1) is 9.79 Å². The summed E-state index contributed by atoms with van der Waals surface area (Å²) < 4.78 is 25.5. The number of sulfone groups is 1. The lowest BCUT2D eigenvalue weighted by Gasteiger charge is -2.17. The number of aryl methyl sites for hydroxylation is 3. The molecule has 110 valence electrons. The highest BCUT2D eigenvalue weighted by Gasteiger charge is 2.22. The van der Waals surface area contributed by atoms with E-state index in [4.69, 9.17) is 0 Å². The molecule has 21 heavy (non-hydrogen) atoms. The largest absolute Gasteiger partial charge is 0.508 e. The van der Waals surface area contributed by atoms with Crippen molar-refractivity contribution in [2.24, 2.45) is 0 Å². The third kappa shape index (κ3) is 2.56. The molecule has 0 saturated heterocycles. The highest BCUT2D eigenvalue weighted by atomic mass is 32.2. The Morgan fingerprint density at radius 2 is 1.67 bits per heavy atom. The first kappa shape index (κ1) is 14.1. The predicted octanol–water partition coefficient (Wildman–Crippen LogP) is 3.41. The first-order valence-corrected chi connectivity index (χ1v) is 8.63. The van der Waals surface area contributed by atoms with Crippen molar-refractivity contribution < 1.29 is 13.5 Å². The van der Waals surface area contributed by atoms with Gasteiger partial charge in [-0.15, -0.1) is 0 Å². The van der Waals surface area contributed by atoms with Crippen LogP contribution in [0.1, 0.15) is 29.5 Å². The predicted molar refractivity (Wildman–Crippen MR) is 81.4 cm³/mol. The number of benzene rings is 2. The number of rotatable bonds is 2. The lowest BCUT2D eigenvalue weighted by atomic mass is 9.92. The Balaban J connectivity index is 2.10. The Labute approximate surface area is 125 Å². The topological polar surface area (TPSA) is 54.4 Å². The highest BCUT2D eigenvalue weighted by molar-refractivity contribution is 7.91. The molecule has 0 heterocycles. The van der Waals surface area contributed by atoms with Crippen molar-refractivity contribution >= 4 is 9.84 Å². The van der Waals surface area contributed by atoms with Crippen LogP contribution in [0.4, 0.5) is 0 Å². The van der Waals surface area contributed by atoms with Gasteiger partial charge in [-0.05, 0) is 79.6 Å². The van der Waals surface area contributed by atoms with Gasteiger partial charge in [0.15, 0.2) is 0 Å². The third-order valence-electron chi connectivity index (χ3n) is 4.08. The van der Waals surface area contributed by atoms with Gasteiger partial charge in [0.25, 0.3) is 0 Å². The van der Waals surface area contributed by atoms with Crippen LogP contribution in [0, 0.1) is 6.92 Å². The first-order valence-electron chi connectivity index (χ1n) is 7.15. The summed E-state index contributed by atoms with van der Waals surface area (Å²) in [6.07, 6.45) is 4.28. The molecule has 0 aliphatic heterocycles. The summed E-state index contributed by atoms with van der Waals surface area (Å²) in [7, 11) is -3.53. The third-order valence-corrected chi connectivity index (χ3v) is 5.99. The summed E-state index contributed by atoms with van der Waals surface area (Å²) in [6, 6.07) is 9.82. The van der Waals surface area contributed by atoms with Crippen molar-refractivity contribution in [3.63, 3.8) is 0 Å². The molecule has 3 nitrogen and oxygen atoms in total. The van der Waals surface area contributed by atoms with E-state index in [2.05, 4.69) is 0 Å². The van der Waals surface area contributed by atoms with Gasteiger partial charge in [-0.3, -0.25) is 0 Å². The van der Waals surface area contributed by atoms with E-state index in [1.807, 2.05) is 12.1 Å². The molecule has 0 radical (unpaired) electrons. The van der Waals surface area contributed by atoms with Crippen LogP contribution >= 0.6 is 0 Å². The molecule has 1 N–H and O–H groups in total. The van der Waals surface area contributed by atoms with E-state index in [1.54, 1.807) is 13.0 Å². The molecule has 0 saturated carbocycles. The quantitative estimate of drug-likeness (QED) is 0.925. The van der Waals surface area contributed by atoms with Crippen molar-refractivity contribution in [1.82, 2.24) is 0 Å². The van der Waals surface area contributed by atoms with Crippen LogP contribution in [0.25, 0.3) is 0 Å². The summed E-state index contributed by atoms with van der Waals surface area (Å²) in [4.78, 5) is 0.605. The first-order chi connectivity index (χ1) is 9.98. The second-order valence-corrected chi connectivity index (χ2v) is 7.51. The second kappa shape index (κ2) is 5.19. The van der Waals surface area contributed by atoms with E-state index in [1.165, 1.54) is 30.2 Å². The Bertz CT molecular complexity index is 792. The molecular formula is C17H18O3S. The lowest BCUT2D eigenvalue weighted by molar-refractivity contribution is 0.474. The minimum atomic E-state index is -3.53. The van der Waals surface area contributed by atoms with Gasteiger partial charge in [0.2, 0.25) is 9.84 Å². The molecule has 3 rings (SSSR count). The molecule has 0 bridgehead atoms. The van der Waals surface area contributed by atoms with Gasteiger partial charge in [0.1, 0.15) is 5.75 Å². The maximum atomic E-state index is 12.8. The molecule has 2 aromatic carbocycles. The van der Waals surface area contributed by atoms with Gasteiger partial charge < -0.3 is 5.11 Å². The zero-order chi connectivity index (χ0) is 15.0. The molecule has 0 fully saturated rings. The van der Waals surface area contributed by atoms with E-state index in [9.17, 15) is 13.5 Å². The molecule has 0 aromatic heterocycles. The van der Waals surface area contributed by atoms with Crippen LogP contribution in [0.5, 0.6) is 5.75 Å². The standard InChI is InChI=1S/C17H18O3S/c1-12-10-15(18)7-9-17(12)21(19,20)16-8-6-13-4-2-3-5-14(13)11-16/h6-11,18H,2-5H2,1H3. The number of phenolic OH excluding ortho intramolecular Hbond substituents is 1. The maximum absolute atomic E-state index is 12.8. The summed E-state index contributed by atoms with van der Waals surface area (Å²) in [6.45, 7) is 1.70. The number of hydrogen-bond acceptors (Lipinski definition) is 3. The van der Waals surface area contributed by atoms with Crippen molar-refractivity contribution in [2.45, 2.75) is 42.4 Å². The van der Waals surface area contributed by atoms with Gasteiger partial charge in [0, 0.05) is 0 Å². The summed E-state index contributed by atoms with van der Waals surface area (Å²) >= 11 is 0. The van der Waals surface area contributed by atoms with Gasteiger partial charge >= 0.3 is 0 Å². The summed E-state index contributed by atoms with van der Waals surface area (Å²) in [5.41, 5.74) is 2.98. The second-order valence-electron chi connectivity index (χ2n) is 5.59. The van der Waals surface area contributed by atoms with E-state index in [-0.39, 0.29) is 10.6 Å². The SMILES string of the molecule is Cc1cc(O)ccc1S(=O)(=O)c1ccc2c(c1)CCCC2. The van der Waals surface area contributed by atoms with E-state index in [0.717, 1.165) is 24.8 Å². The van der Waals surface area contributed by atoms with Crippen LogP contribution < -0.4 is 0 Å². The Morgan fingerprint density at radius 3 is 2.38 bits per heavy atom. The minimum Gasteiger partial charge on any atom is -0.508 e. The van der Waals surface area contributed by atoms with Crippen molar-refractivity contribution in [1.29, 1.82) is 0 Å². The maximum Gasteiger partial charge on any atom is 0.206 e. The van der Waals surface area contributed by atoms with Crippen LogP contribution in [-0.2, 0) is 22.7 Å². The molecule has 1 aliphatic rings. The zero-order valence-corrected chi connectivity index (χ0v) is 12.8. The number of hydrogen-bond donors (Lipinski definition) is 1. The summed E-state index contributed by atoms with van der Waals surface area (Å²) in [5, 5.41) is 9.44. The van der Waals surface area contributed by atoms with Crippen LogP contribution in [0.15, 0.2) is 46.2 Å². The molecule has 2 aromatic rings. The fourth-order valence-electron chi connectivity index (χ4n) is 2.94. The van der Waals surface area contributed by atoms with Crippen molar-refractivity contribution in [3.8, 4) is 5.75 Å². The zero-order valence-electron chi connectivity index (χ0n) is 12.0. The van der Waals surface area contributed by atoms with E-state index >= 15 is 0 Å². The molecule has 4 heteroatoms. The van der Waals surface area contributed by atoms with Crippen LogP contribution in [-0.4, -0.2) is 13.5 Å². The fraction of sp³-hybridized carbons (Fsp3) is 0.294. The Morgan fingerprint density at radius 1 is 0.952 bits per heavy atom. The molecule has 1 aliphatic carbocycles. The Kier molecular flexibility index (Phi) is 3.49. The average Bonchev–Trinajstić information content (AvgIpc) is 2.46. The van der Waals surface area contributed by atoms with E-state index in [0.29, 0.717) is 10.5 Å². The van der Waals surface area contributed by atoms with E-state index < -0.39 is 9.84 Å². The molecule has 0 atom stereocenters. The molecule has 0 unspecified atom stereocenters. The highest BCUT2D eigenvalue weighted by Crippen LogP contribution is 2.29. The number of fused-ring (bicyclic) bond motifs is 1. The molecule has 0 amide bonds. The smallest absolute Gasteiger partial charge is 0.206 e. The monoisotopic (exact) mass is 302 g/mol. The summed E-state index contributed by atoms with van der Waals surface area (Å²) in [5.74, 6) is 0.0805. The van der Waals surface area contributed by atoms with Crippen LogP contribution in [0.3, 0.4) is 0 Å². The van der Waals surface area contributed by atoms with Crippen molar-refractivity contribution in [2.75, 3.05) is 0 Å². The number of phenols is 1. The van der Waals surface area contributed by atoms with Gasteiger partial charge in [-0.1, -0.05) is 6.07 Å². The molecule has 0 spiro atoms. The fourth-order valence-corrected chi connectivity index (χ4v) is 4.47. The normalized spacial score (nSPS) is 14.7. The molecular weight excluding hydrogens is 284 g/mol. The average molecular weight is 302 g/mol. The minimum absolute atomic E-state index is 0.0805. The van der Waals surface area contributed by atoms with Crippen molar-refractivity contribution in [3.05, 3.63) is 53.1 Å².